The lowest BCUT2D eigenvalue weighted by atomic mass is 10.3. The molecular formula is C14H15N3O3S. The van der Waals surface area contributed by atoms with E-state index < -0.39 is 5.97 Å². The molecule has 0 atom stereocenters. The highest BCUT2D eigenvalue weighted by Gasteiger charge is 2.05. The van der Waals surface area contributed by atoms with Crippen molar-refractivity contribution in [2.24, 2.45) is 0 Å². The summed E-state index contributed by atoms with van der Waals surface area (Å²) in [6, 6.07) is 9.68. The van der Waals surface area contributed by atoms with Crippen molar-refractivity contribution in [1.29, 1.82) is 0 Å². The van der Waals surface area contributed by atoms with E-state index in [1.165, 1.54) is 0 Å². The molecule has 1 amide bonds. The topological polar surface area (TPSA) is 84.2 Å². The number of nitrogens with zero attached hydrogens (tertiary/aromatic N) is 2. The van der Waals surface area contributed by atoms with E-state index in [0.29, 0.717) is 6.54 Å². The van der Waals surface area contributed by atoms with Crippen LogP contribution >= 0.6 is 11.8 Å². The third-order valence-corrected chi connectivity index (χ3v) is 3.52. The van der Waals surface area contributed by atoms with Crippen molar-refractivity contribution in [2.45, 2.75) is 6.54 Å². The molecule has 0 spiro atoms. The maximum absolute atomic E-state index is 11.5. The minimum absolute atomic E-state index is 0.0701. The number of benzene rings is 1. The van der Waals surface area contributed by atoms with E-state index in [4.69, 9.17) is 5.11 Å². The van der Waals surface area contributed by atoms with Gasteiger partial charge in [-0.05, 0) is 12.1 Å². The van der Waals surface area contributed by atoms with E-state index in [2.05, 4.69) is 10.4 Å². The number of rotatable bonds is 7. The van der Waals surface area contributed by atoms with Crippen LogP contribution in [0.25, 0.3) is 5.69 Å². The lowest BCUT2D eigenvalue weighted by Gasteiger charge is -2.02. The van der Waals surface area contributed by atoms with Crippen LogP contribution in [0.3, 0.4) is 0 Å². The second-order valence-electron chi connectivity index (χ2n) is 4.29. The predicted octanol–water partition coefficient (Wildman–Crippen LogP) is 1.31. The minimum Gasteiger partial charge on any atom is -0.481 e. The van der Waals surface area contributed by atoms with Crippen molar-refractivity contribution >= 4 is 23.6 Å². The van der Waals surface area contributed by atoms with Gasteiger partial charge >= 0.3 is 5.97 Å². The Morgan fingerprint density at radius 1 is 1.24 bits per heavy atom. The Hall–Kier alpha value is -2.28. The van der Waals surface area contributed by atoms with Crippen molar-refractivity contribution in [3.05, 3.63) is 48.3 Å². The van der Waals surface area contributed by atoms with E-state index in [9.17, 15) is 9.59 Å². The van der Waals surface area contributed by atoms with Crippen molar-refractivity contribution in [1.82, 2.24) is 15.1 Å². The zero-order chi connectivity index (χ0) is 15.1. The lowest BCUT2D eigenvalue weighted by molar-refractivity contribution is -0.133. The molecule has 2 rings (SSSR count). The number of aliphatic carboxylic acids is 1. The summed E-state index contributed by atoms with van der Waals surface area (Å²) in [4.78, 5) is 21.9. The second-order valence-corrected chi connectivity index (χ2v) is 5.28. The fraction of sp³-hybridized carbons (Fsp3) is 0.214. The number of amides is 1. The van der Waals surface area contributed by atoms with Gasteiger partial charge in [0.25, 0.3) is 0 Å². The van der Waals surface area contributed by atoms with Gasteiger partial charge in [0, 0.05) is 18.3 Å². The van der Waals surface area contributed by atoms with E-state index in [-0.39, 0.29) is 17.4 Å². The van der Waals surface area contributed by atoms with Crippen LogP contribution in [-0.4, -0.2) is 38.3 Å². The SMILES string of the molecule is O=C(O)CSCC(=O)NCc1cnn(-c2ccccc2)c1. The van der Waals surface area contributed by atoms with E-state index in [0.717, 1.165) is 23.0 Å². The maximum atomic E-state index is 11.5. The van der Waals surface area contributed by atoms with Gasteiger partial charge in [-0.2, -0.15) is 5.10 Å². The Bertz CT molecular complexity index is 613. The third kappa shape index (κ3) is 4.96. The van der Waals surface area contributed by atoms with Crippen LogP contribution in [0, 0.1) is 0 Å². The molecule has 0 saturated heterocycles. The molecule has 0 radical (unpaired) electrons. The highest BCUT2D eigenvalue weighted by Crippen LogP contribution is 2.07. The fourth-order valence-corrected chi connectivity index (χ4v) is 2.22. The van der Waals surface area contributed by atoms with Crippen LogP contribution in [0.1, 0.15) is 5.56 Å². The highest BCUT2D eigenvalue weighted by molar-refractivity contribution is 8.00. The van der Waals surface area contributed by atoms with E-state index in [1.807, 2.05) is 36.5 Å². The van der Waals surface area contributed by atoms with Crippen LogP contribution in [0.15, 0.2) is 42.7 Å². The number of aromatic nitrogens is 2. The fourth-order valence-electron chi connectivity index (χ4n) is 1.66. The molecule has 0 bridgehead atoms. The molecule has 0 aliphatic rings. The predicted molar refractivity (Wildman–Crippen MR) is 80.4 cm³/mol. The average molecular weight is 305 g/mol. The Balaban J connectivity index is 1.80. The third-order valence-electron chi connectivity index (χ3n) is 2.61. The first-order valence-corrected chi connectivity index (χ1v) is 7.46. The summed E-state index contributed by atoms with van der Waals surface area (Å²) >= 11 is 1.07. The molecule has 1 aromatic carbocycles. The standard InChI is InChI=1S/C14H15N3O3S/c18-13(9-21-10-14(19)20)15-6-11-7-16-17(8-11)12-4-2-1-3-5-12/h1-5,7-8H,6,9-10H2,(H,15,18)(H,19,20). The number of thioether (sulfide) groups is 1. The summed E-state index contributed by atoms with van der Waals surface area (Å²) < 4.78 is 1.74. The molecule has 7 heteroatoms. The van der Waals surface area contributed by atoms with Gasteiger partial charge in [0.2, 0.25) is 5.91 Å². The number of hydrogen-bond donors (Lipinski definition) is 2. The molecule has 110 valence electrons. The zero-order valence-corrected chi connectivity index (χ0v) is 12.0. The summed E-state index contributed by atoms with van der Waals surface area (Å²) in [5, 5.41) is 15.4. The first-order valence-electron chi connectivity index (χ1n) is 6.30. The molecule has 0 fully saturated rings. The van der Waals surface area contributed by atoms with Crippen molar-refractivity contribution in [2.75, 3.05) is 11.5 Å². The monoisotopic (exact) mass is 305 g/mol. The van der Waals surface area contributed by atoms with Crippen LogP contribution in [0.2, 0.25) is 0 Å². The van der Waals surface area contributed by atoms with Gasteiger partial charge in [-0.1, -0.05) is 18.2 Å². The molecule has 2 N–H and O–H groups in total. The second kappa shape index (κ2) is 7.49. The van der Waals surface area contributed by atoms with Crippen molar-refractivity contribution in [3.8, 4) is 5.69 Å². The van der Waals surface area contributed by atoms with E-state index in [1.54, 1.807) is 10.9 Å². The number of hydrogen-bond acceptors (Lipinski definition) is 4. The molecule has 1 aromatic heterocycles. The van der Waals surface area contributed by atoms with Gasteiger partial charge in [0.1, 0.15) is 0 Å². The quantitative estimate of drug-likeness (QED) is 0.805. The summed E-state index contributed by atoms with van der Waals surface area (Å²) in [5.41, 5.74) is 1.84. The Kier molecular flexibility index (Phi) is 5.39. The van der Waals surface area contributed by atoms with E-state index >= 15 is 0 Å². The molecule has 0 unspecified atom stereocenters. The summed E-state index contributed by atoms with van der Waals surface area (Å²) in [7, 11) is 0. The molecule has 0 aliphatic heterocycles. The first-order chi connectivity index (χ1) is 10.1. The van der Waals surface area contributed by atoms with Crippen LogP contribution < -0.4 is 5.32 Å². The summed E-state index contributed by atoms with van der Waals surface area (Å²) in [6.45, 7) is 0.374. The number of nitrogens with one attached hydrogen (secondary N) is 1. The molecule has 2 aromatic rings. The smallest absolute Gasteiger partial charge is 0.313 e. The van der Waals surface area contributed by atoms with Gasteiger partial charge in [-0.25, -0.2) is 4.68 Å². The van der Waals surface area contributed by atoms with Gasteiger partial charge in [0.05, 0.1) is 23.4 Å². The summed E-state index contributed by atoms with van der Waals surface area (Å²) in [5.74, 6) is -1.04. The number of carboxylic acids is 1. The maximum Gasteiger partial charge on any atom is 0.313 e. The number of carboxylic acid groups (broad SMARTS) is 1. The normalized spacial score (nSPS) is 10.3. The minimum atomic E-state index is -0.920. The Morgan fingerprint density at radius 2 is 2.00 bits per heavy atom. The van der Waals surface area contributed by atoms with Crippen LogP contribution in [0.5, 0.6) is 0 Å². The van der Waals surface area contributed by atoms with Gasteiger partial charge < -0.3 is 10.4 Å². The molecular weight excluding hydrogens is 290 g/mol. The van der Waals surface area contributed by atoms with Crippen LogP contribution in [0.4, 0.5) is 0 Å². The zero-order valence-electron chi connectivity index (χ0n) is 11.2. The molecule has 1 heterocycles. The summed E-state index contributed by atoms with van der Waals surface area (Å²) in [6.07, 6.45) is 3.54. The van der Waals surface area contributed by atoms with Crippen molar-refractivity contribution < 1.29 is 14.7 Å². The highest BCUT2D eigenvalue weighted by atomic mass is 32.2. The van der Waals surface area contributed by atoms with Crippen LogP contribution in [-0.2, 0) is 16.1 Å². The van der Waals surface area contributed by atoms with Gasteiger partial charge in [-0.3, -0.25) is 9.59 Å². The number of para-hydroxylation sites is 1. The number of carbonyl (C=O) groups excluding carboxylic acids is 1. The number of carbonyl (C=O) groups is 2. The Labute approximate surface area is 126 Å². The molecule has 0 saturated carbocycles. The molecule has 21 heavy (non-hydrogen) atoms. The molecule has 0 aliphatic carbocycles. The van der Waals surface area contributed by atoms with Gasteiger partial charge in [-0.15, -0.1) is 11.8 Å². The van der Waals surface area contributed by atoms with Crippen molar-refractivity contribution in [3.63, 3.8) is 0 Å². The average Bonchev–Trinajstić information content (AvgIpc) is 2.94. The molecule has 6 nitrogen and oxygen atoms in total. The van der Waals surface area contributed by atoms with Gasteiger partial charge in [0.15, 0.2) is 0 Å². The lowest BCUT2D eigenvalue weighted by Crippen LogP contribution is -2.24. The first kappa shape index (κ1) is 15.1. The Morgan fingerprint density at radius 3 is 2.71 bits per heavy atom. The largest absolute Gasteiger partial charge is 0.481 e.